The van der Waals surface area contributed by atoms with Crippen molar-refractivity contribution in [3.8, 4) is 0 Å². The zero-order valence-corrected chi connectivity index (χ0v) is 9.97. The predicted octanol–water partition coefficient (Wildman–Crippen LogP) is 0.993. The first kappa shape index (κ1) is 12.7. The van der Waals surface area contributed by atoms with Gasteiger partial charge in [-0.3, -0.25) is 14.4 Å². The molecular weight excluding hydrogens is 228 g/mol. The van der Waals surface area contributed by atoms with Crippen molar-refractivity contribution in [3.63, 3.8) is 0 Å². The minimum Gasteiger partial charge on any atom is -0.348 e. The molecule has 1 aromatic rings. The van der Waals surface area contributed by atoms with E-state index in [1.165, 1.54) is 25.4 Å². The lowest BCUT2D eigenvalue weighted by atomic mass is 10.1. The molecule has 0 spiro atoms. The standard InChI is InChI=1S/C10H14N2O3S/c1-7(13)11-8(6-10(14)12-15-2)9-4-3-5-16-9/h3-5,8H,6H2,1-2H3,(H,11,13)(H,12,14). The molecule has 2 amide bonds. The maximum absolute atomic E-state index is 11.3. The van der Waals surface area contributed by atoms with Gasteiger partial charge in [0.05, 0.1) is 19.6 Å². The molecule has 0 fully saturated rings. The lowest BCUT2D eigenvalue weighted by molar-refractivity contribution is -0.132. The van der Waals surface area contributed by atoms with Crippen LogP contribution in [-0.2, 0) is 14.4 Å². The summed E-state index contributed by atoms with van der Waals surface area (Å²) in [7, 11) is 1.37. The first-order chi connectivity index (χ1) is 7.63. The van der Waals surface area contributed by atoms with Crippen molar-refractivity contribution >= 4 is 23.2 Å². The van der Waals surface area contributed by atoms with Gasteiger partial charge in [-0.15, -0.1) is 11.3 Å². The number of amides is 2. The summed E-state index contributed by atoms with van der Waals surface area (Å²) < 4.78 is 0. The second-order valence-electron chi connectivity index (χ2n) is 3.20. The van der Waals surface area contributed by atoms with Gasteiger partial charge in [0.1, 0.15) is 0 Å². The Morgan fingerprint density at radius 1 is 1.56 bits per heavy atom. The highest BCUT2D eigenvalue weighted by Gasteiger charge is 2.17. The maximum Gasteiger partial charge on any atom is 0.245 e. The van der Waals surface area contributed by atoms with Crippen LogP contribution in [0.3, 0.4) is 0 Å². The molecule has 0 aliphatic carbocycles. The van der Waals surface area contributed by atoms with Crippen molar-refractivity contribution in [2.45, 2.75) is 19.4 Å². The third-order valence-electron chi connectivity index (χ3n) is 1.87. The highest BCUT2D eigenvalue weighted by atomic mass is 32.1. The topological polar surface area (TPSA) is 67.4 Å². The molecule has 6 heteroatoms. The van der Waals surface area contributed by atoms with Crippen LogP contribution in [0.1, 0.15) is 24.3 Å². The number of hydrogen-bond donors (Lipinski definition) is 2. The number of nitrogens with one attached hydrogen (secondary N) is 2. The molecule has 0 saturated carbocycles. The van der Waals surface area contributed by atoms with Gasteiger partial charge in [0.15, 0.2) is 0 Å². The van der Waals surface area contributed by atoms with Crippen molar-refractivity contribution in [3.05, 3.63) is 22.4 Å². The quantitative estimate of drug-likeness (QED) is 0.757. The normalized spacial score (nSPS) is 11.9. The Kier molecular flexibility index (Phi) is 4.94. The number of hydrogen-bond acceptors (Lipinski definition) is 4. The second-order valence-corrected chi connectivity index (χ2v) is 4.18. The number of thiophene rings is 1. The molecule has 0 aliphatic rings. The molecule has 0 radical (unpaired) electrons. The third-order valence-corrected chi connectivity index (χ3v) is 2.86. The van der Waals surface area contributed by atoms with Crippen molar-refractivity contribution < 1.29 is 14.4 Å². The van der Waals surface area contributed by atoms with E-state index in [1.807, 2.05) is 17.5 Å². The summed E-state index contributed by atoms with van der Waals surface area (Å²) in [5.74, 6) is -0.432. The van der Waals surface area contributed by atoms with Crippen LogP contribution in [-0.4, -0.2) is 18.9 Å². The molecule has 0 saturated heterocycles. The molecule has 1 atom stereocenters. The average Bonchev–Trinajstić information content (AvgIpc) is 2.68. The monoisotopic (exact) mass is 242 g/mol. The molecule has 16 heavy (non-hydrogen) atoms. The molecule has 5 nitrogen and oxygen atoms in total. The molecule has 0 aliphatic heterocycles. The Bertz CT molecular complexity index is 351. The second kappa shape index (κ2) is 6.24. The average molecular weight is 242 g/mol. The lowest BCUT2D eigenvalue weighted by Crippen LogP contribution is -2.31. The summed E-state index contributed by atoms with van der Waals surface area (Å²) in [4.78, 5) is 27.8. The number of rotatable bonds is 5. The van der Waals surface area contributed by atoms with E-state index in [4.69, 9.17) is 0 Å². The van der Waals surface area contributed by atoms with Gasteiger partial charge >= 0.3 is 0 Å². The molecule has 88 valence electrons. The summed E-state index contributed by atoms with van der Waals surface area (Å²) in [5.41, 5.74) is 2.23. The van der Waals surface area contributed by atoms with Gasteiger partial charge in [-0.05, 0) is 11.4 Å². The highest BCUT2D eigenvalue weighted by Crippen LogP contribution is 2.21. The number of carbonyl (C=O) groups is 2. The molecule has 1 heterocycles. The fourth-order valence-corrected chi connectivity index (χ4v) is 2.08. The Morgan fingerprint density at radius 3 is 2.81 bits per heavy atom. The highest BCUT2D eigenvalue weighted by molar-refractivity contribution is 7.10. The molecule has 2 N–H and O–H groups in total. The first-order valence-electron chi connectivity index (χ1n) is 4.75. The van der Waals surface area contributed by atoms with Gasteiger partial charge in [0.25, 0.3) is 0 Å². The Hall–Kier alpha value is -1.40. The van der Waals surface area contributed by atoms with Gasteiger partial charge in [-0.1, -0.05) is 6.07 Å². The summed E-state index contributed by atoms with van der Waals surface area (Å²) in [6.07, 6.45) is 0.161. The van der Waals surface area contributed by atoms with Crippen molar-refractivity contribution in [2.24, 2.45) is 0 Å². The van der Waals surface area contributed by atoms with E-state index in [-0.39, 0.29) is 24.3 Å². The molecule has 1 aromatic heterocycles. The van der Waals surface area contributed by atoms with E-state index in [9.17, 15) is 9.59 Å². The summed E-state index contributed by atoms with van der Waals surface area (Å²) in [6, 6.07) is 3.46. The first-order valence-corrected chi connectivity index (χ1v) is 5.63. The Labute approximate surface area is 97.8 Å². The van der Waals surface area contributed by atoms with Crippen LogP contribution < -0.4 is 10.8 Å². The largest absolute Gasteiger partial charge is 0.348 e. The smallest absolute Gasteiger partial charge is 0.245 e. The number of carbonyl (C=O) groups excluding carboxylic acids is 2. The van der Waals surface area contributed by atoms with Crippen LogP contribution in [0, 0.1) is 0 Å². The zero-order chi connectivity index (χ0) is 12.0. The van der Waals surface area contributed by atoms with E-state index in [0.29, 0.717) is 0 Å². The fourth-order valence-electron chi connectivity index (χ4n) is 1.30. The van der Waals surface area contributed by atoms with Gasteiger partial charge in [-0.2, -0.15) is 0 Å². The minimum atomic E-state index is -0.298. The summed E-state index contributed by atoms with van der Waals surface area (Å²) in [6.45, 7) is 1.43. The zero-order valence-electron chi connectivity index (χ0n) is 9.15. The van der Waals surface area contributed by atoms with Crippen molar-refractivity contribution in [1.82, 2.24) is 10.8 Å². The van der Waals surface area contributed by atoms with Crippen LogP contribution in [0.2, 0.25) is 0 Å². The van der Waals surface area contributed by atoms with Crippen molar-refractivity contribution in [1.29, 1.82) is 0 Å². The SMILES string of the molecule is CONC(=O)CC(NC(C)=O)c1cccs1. The van der Waals surface area contributed by atoms with Crippen LogP contribution in [0.4, 0.5) is 0 Å². The van der Waals surface area contributed by atoms with E-state index >= 15 is 0 Å². The summed E-state index contributed by atoms with van der Waals surface area (Å²) in [5, 5.41) is 4.63. The molecule has 0 aromatic carbocycles. The van der Waals surface area contributed by atoms with Gasteiger partial charge in [0.2, 0.25) is 11.8 Å². The Morgan fingerprint density at radius 2 is 2.31 bits per heavy atom. The van der Waals surface area contributed by atoms with Crippen LogP contribution in [0.15, 0.2) is 17.5 Å². The summed E-state index contributed by atoms with van der Waals surface area (Å²) >= 11 is 1.50. The molecule has 0 bridgehead atoms. The van der Waals surface area contributed by atoms with Gasteiger partial charge in [0, 0.05) is 11.8 Å². The van der Waals surface area contributed by atoms with E-state index in [0.717, 1.165) is 4.88 Å². The molecule has 1 unspecified atom stereocenters. The van der Waals surface area contributed by atoms with Crippen LogP contribution in [0.5, 0.6) is 0 Å². The minimum absolute atomic E-state index is 0.161. The fraction of sp³-hybridized carbons (Fsp3) is 0.400. The number of hydroxylamine groups is 1. The predicted molar refractivity (Wildman–Crippen MR) is 60.6 cm³/mol. The van der Waals surface area contributed by atoms with Crippen molar-refractivity contribution in [2.75, 3.05) is 7.11 Å². The maximum atomic E-state index is 11.3. The van der Waals surface area contributed by atoms with E-state index in [1.54, 1.807) is 0 Å². The van der Waals surface area contributed by atoms with Gasteiger partial charge < -0.3 is 5.32 Å². The molecule has 1 rings (SSSR count). The van der Waals surface area contributed by atoms with Crippen LogP contribution in [0.25, 0.3) is 0 Å². The Balaban J connectivity index is 2.65. The van der Waals surface area contributed by atoms with E-state index in [2.05, 4.69) is 15.6 Å². The lowest BCUT2D eigenvalue weighted by Gasteiger charge is -2.15. The van der Waals surface area contributed by atoms with Crippen LogP contribution >= 0.6 is 11.3 Å². The molecular formula is C10H14N2O3S. The van der Waals surface area contributed by atoms with Gasteiger partial charge in [-0.25, -0.2) is 5.48 Å². The van der Waals surface area contributed by atoms with E-state index < -0.39 is 0 Å². The third kappa shape index (κ3) is 4.00.